The Hall–Kier alpha value is -1.44. The molecule has 0 N–H and O–H groups in total. The van der Waals surface area contributed by atoms with Crippen LogP contribution in [0.2, 0.25) is 0 Å². The van der Waals surface area contributed by atoms with Gasteiger partial charge in [0.25, 0.3) is 16.1 Å². The van der Waals surface area contributed by atoms with Gasteiger partial charge in [-0.2, -0.15) is 17.0 Å². The predicted octanol–water partition coefficient (Wildman–Crippen LogP) is 2.26. The lowest BCUT2D eigenvalue weighted by molar-refractivity contribution is 0.0692. The fourth-order valence-corrected chi connectivity index (χ4v) is 5.47. The largest absolute Gasteiger partial charge is 0.336 e. The molecule has 1 aromatic rings. The Morgan fingerprint density at radius 3 is 2.35 bits per heavy atom. The minimum atomic E-state index is -3.45. The zero-order valence-electron chi connectivity index (χ0n) is 15.7. The normalized spacial score (nSPS) is 20.5. The van der Waals surface area contributed by atoms with Gasteiger partial charge in [-0.15, -0.1) is 0 Å². The molecule has 0 bridgehead atoms. The maximum Gasteiger partial charge on any atom is 0.282 e. The maximum atomic E-state index is 12.9. The Labute approximate surface area is 157 Å². The molecule has 1 amide bonds. The molecule has 1 aromatic carbocycles. The number of nitrogens with zero attached hydrogens (tertiary/aromatic N) is 3. The Kier molecular flexibility index (Phi) is 5.99. The van der Waals surface area contributed by atoms with Crippen LogP contribution >= 0.6 is 0 Å². The number of aryl methyl sites for hydroxylation is 1. The van der Waals surface area contributed by atoms with E-state index >= 15 is 0 Å². The summed E-state index contributed by atoms with van der Waals surface area (Å²) in [7, 11) is -1.75. The lowest BCUT2D eigenvalue weighted by atomic mass is 9.96. The Balaban J connectivity index is 1.61. The lowest BCUT2D eigenvalue weighted by Crippen LogP contribution is -2.55. The second-order valence-electron chi connectivity index (χ2n) is 7.38. The number of benzene rings is 1. The number of carbonyl (C=O) groups is 1. The van der Waals surface area contributed by atoms with Crippen LogP contribution in [-0.4, -0.2) is 67.1 Å². The van der Waals surface area contributed by atoms with Gasteiger partial charge in [-0.05, 0) is 31.9 Å². The molecule has 0 atom stereocenters. The van der Waals surface area contributed by atoms with Gasteiger partial charge >= 0.3 is 0 Å². The topological polar surface area (TPSA) is 60.9 Å². The summed E-state index contributed by atoms with van der Waals surface area (Å²) in [6.07, 6.45) is 5.29. The SMILES string of the molecule is Cc1cccc(C(=O)N2CCN(S(=O)(=O)N(C)C3CCCCC3)CC2)c1. The van der Waals surface area contributed by atoms with Crippen molar-refractivity contribution in [1.29, 1.82) is 0 Å². The second-order valence-corrected chi connectivity index (χ2v) is 9.36. The Bertz CT molecular complexity index is 736. The first-order valence-electron chi connectivity index (χ1n) is 9.48. The predicted molar refractivity (Wildman–Crippen MR) is 102 cm³/mol. The van der Waals surface area contributed by atoms with E-state index in [9.17, 15) is 13.2 Å². The fourth-order valence-electron chi connectivity index (χ4n) is 3.90. The van der Waals surface area contributed by atoms with Crippen LogP contribution in [0.4, 0.5) is 0 Å². The third-order valence-electron chi connectivity index (χ3n) is 5.57. The van der Waals surface area contributed by atoms with Crippen molar-refractivity contribution < 1.29 is 13.2 Å². The third kappa shape index (κ3) is 4.10. The summed E-state index contributed by atoms with van der Waals surface area (Å²) >= 11 is 0. The van der Waals surface area contributed by atoms with Gasteiger partial charge in [-0.25, -0.2) is 0 Å². The molecule has 2 fully saturated rings. The second kappa shape index (κ2) is 8.06. The third-order valence-corrected chi connectivity index (χ3v) is 7.61. The van der Waals surface area contributed by atoms with Crippen molar-refractivity contribution in [3.05, 3.63) is 35.4 Å². The van der Waals surface area contributed by atoms with Crippen molar-refractivity contribution in [3.63, 3.8) is 0 Å². The van der Waals surface area contributed by atoms with Crippen molar-refractivity contribution in [2.45, 2.75) is 45.1 Å². The molecule has 0 unspecified atom stereocenters. The first-order valence-corrected chi connectivity index (χ1v) is 10.9. The summed E-state index contributed by atoms with van der Waals surface area (Å²) < 4.78 is 28.9. The zero-order chi connectivity index (χ0) is 18.7. The van der Waals surface area contributed by atoms with Crippen molar-refractivity contribution in [3.8, 4) is 0 Å². The lowest BCUT2D eigenvalue weighted by Gasteiger charge is -2.38. The molecular formula is C19H29N3O3S. The van der Waals surface area contributed by atoms with E-state index in [0.717, 1.165) is 31.2 Å². The van der Waals surface area contributed by atoms with Crippen LogP contribution in [0, 0.1) is 6.92 Å². The van der Waals surface area contributed by atoms with Gasteiger partial charge in [0.2, 0.25) is 0 Å². The number of hydrogen-bond acceptors (Lipinski definition) is 3. The molecule has 26 heavy (non-hydrogen) atoms. The van der Waals surface area contributed by atoms with Gasteiger partial charge in [0.1, 0.15) is 0 Å². The summed E-state index contributed by atoms with van der Waals surface area (Å²) in [5.41, 5.74) is 1.71. The number of rotatable bonds is 4. The molecule has 0 aromatic heterocycles. The standard InChI is InChI=1S/C19H29N3O3S/c1-16-7-6-8-17(15-16)19(23)21-11-13-22(14-12-21)26(24,25)20(2)18-9-4-3-5-10-18/h6-8,15,18H,3-5,9-14H2,1-2H3. The van der Waals surface area contributed by atoms with Crippen molar-refractivity contribution in [2.75, 3.05) is 33.2 Å². The molecule has 3 rings (SSSR count). The minimum Gasteiger partial charge on any atom is -0.336 e. The molecule has 1 saturated carbocycles. The van der Waals surface area contributed by atoms with Gasteiger partial charge in [-0.3, -0.25) is 4.79 Å². The molecule has 1 aliphatic heterocycles. The quantitative estimate of drug-likeness (QED) is 0.806. The Morgan fingerprint density at radius 2 is 1.73 bits per heavy atom. The van der Waals surface area contributed by atoms with Crippen LogP contribution in [0.3, 0.4) is 0 Å². The summed E-state index contributed by atoms with van der Waals surface area (Å²) in [5, 5.41) is 0. The van der Waals surface area contributed by atoms with E-state index in [4.69, 9.17) is 0 Å². The number of amides is 1. The molecule has 0 spiro atoms. The summed E-state index contributed by atoms with van der Waals surface area (Å²) in [6.45, 7) is 3.55. The molecule has 2 aliphatic rings. The summed E-state index contributed by atoms with van der Waals surface area (Å²) in [4.78, 5) is 14.4. The van der Waals surface area contributed by atoms with E-state index in [1.807, 2.05) is 31.2 Å². The van der Waals surface area contributed by atoms with Crippen LogP contribution in [0.1, 0.15) is 48.0 Å². The summed E-state index contributed by atoms with van der Waals surface area (Å²) in [6, 6.07) is 7.64. The van der Waals surface area contributed by atoms with Gasteiger partial charge in [0, 0.05) is 44.8 Å². The first kappa shape index (κ1) is 19.3. The van der Waals surface area contributed by atoms with Crippen LogP contribution in [-0.2, 0) is 10.2 Å². The monoisotopic (exact) mass is 379 g/mol. The van der Waals surface area contributed by atoms with E-state index in [0.29, 0.717) is 31.7 Å². The van der Waals surface area contributed by atoms with Crippen molar-refractivity contribution in [2.24, 2.45) is 0 Å². The Morgan fingerprint density at radius 1 is 1.08 bits per heavy atom. The van der Waals surface area contributed by atoms with E-state index in [1.165, 1.54) is 10.7 Å². The van der Waals surface area contributed by atoms with Crippen molar-refractivity contribution >= 4 is 16.1 Å². The van der Waals surface area contributed by atoms with E-state index in [-0.39, 0.29) is 11.9 Å². The van der Waals surface area contributed by atoms with E-state index < -0.39 is 10.2 Å². The van der Waals surface area contributed by atoms with Gasteiger partial charge in [0.15, 0.2) is 0 Å². The number of piperazine rings is 1. The van der Waals surface area contributed by atoms with E-state index in [1.54, 1.807) is 16.3 Å². The molecule has 0 radical (unpaired) electrons. The average Bonchev–Trinajstić information content (AvgIpc) is 2.67. The highest BCUT2D eigenvalue weighted by Crippen LogP contribution is 2.25. The molecular weight excluding hydrogens is 350 g/mol. The summed E-state index contributed by atoms with van der Waals surface area (Å²) in [5.74, 6) is -0.0219. The fraction of sp³-hybridized carbons (Fsp3) is 0.632. The molecule has 1 aliphatic carbocycles. The molecule has 144 valence electrons. The van der Waals surface area contributed by atoms with Gasteiger partial charge in [-0.1, -0.05) is 37.0 Å². The van der Waals surface area contributed by atoms with Gasteiger partial charge < -0.3 is 4.90 Å². The molecule has 7 heteroatoms. The highest BCUT2D eigenvalue weighted by molar-refractivity contribution is 7.86. The van der Waals surface area contributed by atoms with Crippen LogP contribution < -0.4 is 0 Å². The van der Waals surface area contributed by atoms with E-state index in [2.05, 4.69) is 0 Å². The van der Waals surface area contributed by atoms with Gasteiger partial charge in [0.05, 0.1) is 0 Å². The maximum absolute atomic E-state index is 12.9. The first-order chi connectivity index (χ1) is 12.4. The zero-order valence-corrected chi connectivity index (χ0v) is 16.5. The number of hydrogen-bond donors (Lipinski definition) is 0. The molecule has 6 nitrogen and oxygen atoms in total. The highest BCUT2D eigenvalue weighted by atomic mass is 32.2. The minimum absolute atomic E-state index is 0.0219. The molecule has 1 heterocycles. The van der Waals surface area contributed by atoms with Crippen LogP contribution in [0.5, 0.6) is 0 Å². The number of carbonyl (C=O) groups excluding carboxylic acids is 1. The highest BCUT2D eigenvalue weighted by Gasteiger charge is 2.35. The van der Waals surface area contributed by atoms with Crippen LogP contribution in [0.25, 0.3) is 0 Å². The smallest absolute Gasteiger partial charge is 0.282 e. The molecule has 1 saturated heterocycles. The van der Waals surface area contributed by atoms with Crippen molar-refractivity contribution in [1.82, 2.24) is 13.5 Å². The van der Waals surface area contributed by atoms with Crippen LogP contribution in [0.15, 0.2) is 24.3 Å². The average molecular weight is 380 g/mol.